The van der Waals surface area contributed by atoms with Crippen LogP contribution in [0.15, 0.2) is 53.6 Å². The Morgan fingerprint density at radius 3 is 2.78 bits per heavy atom. The molecule has 4 rings (SSSR count). The number of benzene rings is 1. The fourth-order valence-electron chi connectivity index (χ4n) is 2.54. The zero-order chi connectivity index (χ0) is 15.8. The Hall–Kier alpha value is -3.06. The van der Waals surface area contributed by atoms with Crippen molar-refractivity contribution < 1.29 is 4.74 Å². The molecule has 3 heterocycles. The predicted octanol–water partition coefficient (Wildman–Crippen LogP) is 1.57. The molecule has 23 heavy (non-hydrogen) atoms. The van der Waals surface area contributed by atoms with Gasteiger partial charge in [-0.3, -0.25) is 9.36 Å². The number of hydrogen-bond acceptors (Lipinski definition) is 5. The van der Waals surface area contributed by atoms with E-state index >= 15 is 0 Å². The van der Waals surface area contributed by atoms with Crippen LogP contribution in [-0.2, 0) is 11.3 Å². The third kappa shape index (κ3) is 2.18. The van der Waals surface area contributed by atoms with Crippen LogP contribution in [-0.4, -0.2) is 31.3 Å². The first-order valence-electron chi connectivity index (χ1n) is 7.08. The van der Waals surface area contributed by atoms with Gasteiger partial charge in [0.25, 0.3) is 11.3 Å². The second kappa shape index (κ2) is 5.29. The van der Waals surface area contributed by atoms with Gasteiger partial charge in [0.1, 0.15) is 6.61 Å². The molecule has 0 amide bonds. The summed E-state index contributed by atoms with van der Waals surface area (Å²) in [7, 11) is 1.58. The highest BCUT2D eigenvalue weighted by atomic mass is 16.5. The Morgan fingerprint density at radius 1 is 1.17 bits per heavy atom. The second-order valence-corrected chi connectivity index (χ2v) is 5.06. The van der Waals surface area contributed by atoms with Gasteiger partial charge in [-0.2, -0.15) is 9.50 Å². The minimum absolute atomic E-state index is 0.146. The maximum atomic E-state index is 12.7. The number of hydrogen-bond donors (Lipinski definition) is 0. The minimum Gasteiger partial charge on any atom is -0.377 e. The lowest BCUT2D eigenvalue weighted by atomic mass is 10.2. The average Bonchev–Trinajstić information content (AvgIpc) is 2.99. The molecule has 0 saturated heterocycles. The minimum atomic E-state index is -0.146. The number of aromatic nitrogens is 5. The first-order chi connectivity index (χ1) is 11.3. The van der Waals surface area contributed by atoms with Gasteiger partial charge in [0, 0.05) is 25.2 Å². The summed E-state index contributed by atoms with van der Waals surface area (Å²) in [4.78, 5) is 21.2. The molecule has 7 heteroatoms. The van der Waals surface area contributed by atoms with Gasteiger partial charge in [0.2, 0.25) is 0 Å². The fourth-order valence-corrected chi connectivity index (χ4v) is 2.54. The second-order valence-electron chi connectivity index (χ2n) is 5.06. The number of fused-ring (bicyclic) bond motifs is 3. The van der Waals surface area contributed by atoms with E-state index in [4.69, 9.17) is 4.74 Å². The van der Waals surface area contributed by atoms with Crippen molar-refractivity contribution >= 4 is 16.7 Å². The van der Waals surface area contributed by atoms with Crippen LogP contribution in [0.1, 0.15) is 5.82 Å². The molecule has 0 fully saturated rings. The smallest absolute Gasteiger partial charge is 0.266 e. The van der Waals surface area contributed by atoms with E-state index in [2.05, 4.69) is 15.1 Å². The molecule has 0 aliphatic carbocycles. The van der Waals surface area contributed by atoms with Crippen molar-refractivity contribution in [3.63, 3.8) is 0 Å². The number of ether oxygens (including phenoxy) is 1. The maximum Gasteiger partial charge on any atom is 0.266 e. The largest absolute Gasteiger partial charge is 0.377 e. The van der Waals surface area contributed by atoms with Crippen LogP contribution in [0.2, 0.25) is 0 Å². The van der Waals surface area contributed by atoms with E-state index in [9.17, 15) is 4.79 Å². The van der Waals surface area contributed by atoms with Gasteiger partial charge in [-0.25, -0.2) is 4.98 Å². The van der Waals surface area contributed by atoms with E-state index in [1.54, 1.807) is 22.4 Å². The molecule has 0 atom stereocenters. The van der Waals surface area contributed by atoms with Gasteiger partial charge in [0.15, 0.2) is 5.82 Å². The van der Waals surface area contributed by atoms with Crippen LogP contribution >= 0.6 is 0 Å². The van der Waals surface area contributed by atoms with Gasteiger partial charge in [-0.05, 0) is 18.2 Å². The number of nitrogens with zero attached hydrogens (tertiary/aromatic N) is 5. The molecule has 0 N–H and O–H groups in total. The zero-order valence-electron chi connectivity index (χ0n) is 12.4. The molecule has 7 nitrogen and oxygen atoms in total. The van der Waals surface area contributed by atoms with Gasteiger partial charge in [-0.1, -0.05) is 18.2 Å². The van der Waals surface area contributed by atoms with Crippen molar-refractivity contribution in [3.05, 3.63) is 65.0 Å². The van der Waals surface area contributed by atoms with Crippen LogP contribution in [0.4, 0.5) is 0 Å². The van der Waals surface area contributed by atoms with Crippen molar-refractivity contribution in [2.24, 2.45) is 0 Å². The monoisotopic (exact) mass is 307 g/mol. The Balaban J connectivity index is 1.98. The highest BCUT2D eigenvalue weighted by molar-refractivity contribution is 5.78. The lowest BCUT2D eigenvalue weighted by Crippen LogP contribution is -2.18. The van der Waals surface area contributed by atoms with Gasteiger partial charge < -0.3 is 4.74 Å². The van der Waals surface area contributed by atoms with Crippen LogP contribution in [0.3, 0.4) is 0 Å². The Labute approximate surface area is 130 Å². The first kappa shape index (κ1) is 13.6. The summed E-state index contributed by atoms with van der Waals surface area (Å²) < 4.78 is 8.19. The van der Waals surface area contributed by atoms with Crippen molar-refractivity contribution in [3.8, 4) is 5.69 Å². The van der Waals surface area contributed by atoms with Crippen molar-refractivity contribution in [2.75, 3.05) is 7.11 Å². The van der Waals surface area contributed by atoms with Crippen molar-refractivity contribution in [1.29, 1.82) is 0 Å². The van der Waals surface area contributed by atoms with E-state index in [0.717, 1.165) is 5.69 Å². The topological polar surface area (TPSA) is 74.3 Å². The highest BCUT2D eigenvalue weighted by Crippen LogP contribution is 2.13. The van der Waals surface area contributed by atoms with Gasteiger partial charge in [0.05, 0.1) is 10.9 Å². The molecule has 0 aliphatic heterocycles. The molecule has 4 aromatic rings. The number of pyridine rings is 1. The Bertz CT molecular complexity index is 1050. The molecule has 0 radical (unpaired) electrons. The molecular weight excluding hydrogens is 294 g/mol. The summed E-state index contributed by atoms with van der Waals surface area (Å²) in [6, 6.07) is 11.3. The number of rotatable bonds is 3. The summed E-state index contributed by atoms with van der Waals surface area (Å²) in [5.74, 6) is 0.973. The first-order valence-corrected chi connectivity index (χ1v) is 7.08. The maximum absolute atomic E-state index is 12.7. The van der Waals surface area contributed by atoms with E-state index in [1.165, 1.54) is 6.20 Å². The lowest BCUT2D eigenvalue weighted by Gasteiger charge is -2.07. The molecule has 3 aromatic heterocycles. The van der Waals surface area contributed by atoms with E-state index in [1.807, 2.05) is 36.4 Å². The van der Waals surface area contributed by atoms with Gasteiger partial charge >= 0.3 is 0 Å². The summed E-state index contributed by atoms with van der Waals surface area (Å²) in [5, 5.41) is 4.83. The molecule has 0 saturated carbocycles. The molecule has 0 spiro atoms. The molecule has 114 valence electrons. The van der Waals surface area contributed by atoms with Crippen LogP contribution in [0.5, 0.6) is 0 Å². The fraction of sp³-hybridized carbons (Fsp3) is 0.125. The SMILES string of the molecule is COCc1nc2ncc3c(=O)n(-c4ccccc4)ccc3n2n1. The van der Waals surface area contributed by atoms with Crippen molar-refractivity contribution in [2.45, 2.75) is 6.61 Å². The van der Waals surface area contributed by atoms with E-state index in [-0.39, 0.29) is 5.56 Å². The number of methoxy groups -OCH3 is 1. The number of para-hydroxylation sites is 1. The van der Waals surface area contributed by atoms with Gasteiger partial charge in [-0.15, -0.1) is 5.10 Å². The molecule has 0 aliphatic rings. The highest BCUT2D eigenvalue weighted by Gasteiger charge is 2.11. The molecule has 1 aromatic carbocycles. The predicted molar refractivity (Wildman–Crippen MR) is 84.6 cm³/mol. The zero-order valence-corrected chi connectivity index (χ0v) is 12.4. The third-order valence-electron chi connectivity index (χ3n) is 3.59. The molecule has 0 unspecified atom stereocenters. The summed E-state index contributed by atoms with van der Waals surface area (Å²) in [6.45, 7) is 0.298. The lowest BCUT2D eigenvalue weighted by molar-refractivity contribution is 0.178. The Morgan fingerprint density at radius 2 is 2.00 bits per heavy atom. The summed E-state index contributed by atoms with van der Waals surface area (Å²) in [5.41, 5.74) is 1.33. The van der Waals surface area contributed by atoms with Crippen LogP contribution in [0, 0.1) is 0 Å². The third-order valence-corrected chi connectivity index (χ3v) is 3.59. The Kier molecular flexibility index (Phi) is 3.13. The molecule has 0 bridgehead atoms. The van der Waals surface area contributed by atoms with Crippen LogP contribution < -0.4 is 5.56 Å². The van der Waals surface area contributed by atoms with E-state index in [0.29, 0.717) is 29.1 Å². The van der Waals surface area contributed by atoms with Crippen molar-refractivity contribution in [1.82, 2.24) is 24.1 Å². The molecular formula is C16H13N5O2. The normalized spacial score (nSPS) is 11.3. The van der Waals surface area contributed by atoms with E-state index < -0.39 is 0 Å². The quantitative estimate of drug-likeness (QED) is 0.574. The average molecular weight is 307 g/mol. The standard InChI is InChI=1S/C16H13N5O2/c1-23-10-14-18-16-17-9-12-13(21(16)19-14)7-8-20(15(12)22)11-5-3-2-4-6-11/h2-9H,10H2,1H3. The van der Waals surface area contributed by atoms with Crippen LogP contribution in [0.25, 0.3) is 22.4 Å². The summed E-state index contributed by atoms with van der Waals surface area (Å²) >= 11 is 0. The summed E-state index contributed by atoms with van der Waals surface area (Å²) in [6.07, 6.45) is 3.27.